The number of alkyl halides is 1. The lowest BCUT2D eigenvalue weighted by molar-refractivity contribution is 0.278. The molecule has 0 amide bonds. The van der Waals surface area contributed by atoms with E-state index in [1.54, 1.807) is 7.11 Å². The first kappa shape index (κ1) is 11.9. The molecule has 1 atom stereocenters. The summed E-state index contributed by atoms with van der Waals surface area (Å²) in [5, 5.41) is 0. The van der Waals surface area contributed by atoms with Gasteiger partial charge < -0.3 is 4.74 Å². The van der Waals surface area contributed by atoms with Gasteiger partial charge >= 0.3 is 0 Å². The van der Waals surface area contributed by atoms with E-state index in [4.69, 9.17) is 4.74 Å². The summed E-state index contributed by atoms with van der Waals surface area (Å²) in [6, 6.07) is 5.91. The number of halogens is 2. The minimum atomic E-state index is -0.668. The van der Waals surface area contributed by atoms with E-state index >= 15 is 0 Å². The molecule has 2 rings (SSSR count). The van der Waals surface area contributed by atoms with Gasteiger partial charge in [0.25, 0.3) is 0 Å². The largest absolute Gasteiger partial charge is 0.496 e. The van der Waals surface area contributed by atoms with Crippen molar-refractivity contribution in [3.8, 4) is 5.75 Å². The Morgan fingerprint density at radius 3 is 3.00 bits per heavy atom. The van der Waals surface area contributed by atoms with Gasteiger partial charge in [-0.15, -0.1) is 0 Å². The second-order valence-electron chi connectivity index (χ2n) is 4.08. The fraction of sp³-hybridized carbons (Fsp3) is 0.500. The Morgan fingerprint density at radius 2 is 2.38 bits per heavy atom. The number of likely N-dealkylation sites (tertiary alicyclic amines) is 1. The van der Waals surface area contributed by atoms with Gasteiger partial charge in [0, 0.05) is 29.7 Å². The van der Waals surface area contributed by atoms with Crippen LogP contribution in [0.4, 0.5) is 4.39 Å². The van der Waals surface area contributed by atoms with Gasteiger partial charge in [0.1, 0.15) is 11.9 Å². The number of benzene rings is 1. The average molecular weight is 288 g/mol. The third-order valence-electron chi connectivity index (χ3n) is 2.85. The molecule has 0 aromatic heterocycles. The Labute approximate surface area is 104 Å². The van der Waals surface area contributed by atoms with Crippen LogP contribution in [0.15, 0.2) is 22.7 Å². The van der Waals surface area contributed by atoms with Gasteiger partial charge in [-0.2, -0.15) is 0 Å². The molecule has 1 aliphatic heterocycles. The van der Waals surface area contributed by atoms with Gasteiger partial charge in [-0.25, -0.2) is 4.39 Å². The Balaban J connectivity index is 2.10. The van der Waals surface area contributed by atoms with Crippen molar-refractivity contribution in [1.29, 1.82) is 0 Å². The molecule has 4 heteroatoms. The number of hydrogen-bond donors (Lipinski definition) is 0. The predicted octanol–water partition coefficient (Wildman–Crippen LogP) is 3.00. The first-order chi connectivity index (χ1) is 7.69. The number of ether oxygens (including phenoxy) is 1. The highest BCUT2D eigenvalue weighted by atomic mass is 79.9. The van der Waals surface area contributed by atoms with E-state index in [1.165, 1.54) is 0 Å². The highest BCUT2D eigenvalue weighted by Crippen LogP contribution is 2.26. The summed E-state index contributed by atoms with van der Waals surface area (Å²) >= 11 is 3.44. The minimum Gasteiger partial charge on any atom is -0.496 e. The standard InChI is InChI=1S/C12H15BrFNO/c1-16-12-3-2-10(13)6-9(12)7-15-5-4-11(14)8-15/h2-3,6,11H,4-5,7-8H2,1H3. The van der Waals surface area contributed by atoms with Crippen LogP contribution in [0, 0.1) is 0 Å². The molecule has 0 bridgehead atoms. The fourth-order valence-corrected chi connectivity index (χ4v) is 2.45. The monoisotopic (exact) mass is 287 g/mol. The summed E-state index contributed by atoms with van der Waals surface area (Å²) in [4.78, 5) is 2.12. The summed E-state index contributed by atoms with van der Waals surface area (Å²) in [7, 11) is 1.66. The molecule has 1 fully saturated rings. The minimum absolute atomic E-state index is 0.537. The maximum absolute atomic E-state index is 13.1. The van der Waals surface area contributed by atoms with E-state index in [0.717, 1.165) is 28.9 Å². The number of nitrogens with zero attached hydrogens (tertiary/aromatic N) is 1. The summed E-state index contributed by atoms with van der Waals surface area (Å²) in [6.07, 6.45) is -0.0193. The third-order valence-corrected chi connectivity index (χ3v) is 3.34. The van der Waals surface area contributed by atoms with Crippen LogP contribution in [0.2, 0.25) is 0 Å². The van der Waals surface area contributed by atoms with Crippen molar-refractivity contribution in [2.75, 3.05) is 20.2 Å². The van der Waals surface area contributed by atoms with Gasteiger partial charge in [0.2, 0.25) is 0 Å². The van der Waals surface area contributed by atoms with E-state index < -0.39 is 6.17 Å². The van der Waals surface area contributed by atoms with E-state index in [-0.39, 0.29) is 0 Å². The van der Waals surface area contributed by atoms with Crippen LogP contribution in [0.5, 0.6) is 5.75 Å². The Kier molecular flexibility index (Phi) is 3.82. The maximum atomic E-state index is 13.1. The molecule has 0 N–H and O–H groups in total. The van der Waals surface area contributed by atoms with Crippen LogP contribution in [0.1, 0.15) is 12.0 Å². The van der Waals surface area contributed by atoms with Crippen molar-refractivity contribution >= 4 is 15.9 Å². The van der Waals surface area contributed by atoms with Gasteiger partial charge in [-0.3, -0.25) is 4.90 Å². The van der Waals surface area contributed by atoms with Gasteiger partial charge in [-0.1, -0.05) is 15.9 Å². The Morgan fingerprint density at radius 1 is 1.56 bits per heavy atom. The van der Waals surface area contributed by atoms with E-state index in [0.29, 0.717) is 13.0 Å². The molecule has 0 spiro atoms. The lowest BCUT2D eigenvalue weighted by Gasteiger charge is -2.17. The molecule has 16 heavy (non-hydrogen) atoms. The van der Waals surface area contributed by atoms with Crippen LogP contribution in [0.3, 0.4) is 0 Å². The van der Waals surface area contributed by atoms with E-state index in [2.05, 4.69) is 20.8 Å². The molecule has 88 valence electrons. The summed E-state index contributed by atoms with van der Waals surface area (Å²) in [5.41, 5.74) is 1.10. The van der Waals surface area contributed by atoms with Crippen molar-refractivity contribution in [1.82, 2.24) is 4.90 Å². The molecule has 1 unspecified atom stereocenters. The van der Waals surface area contributed by atoms with Crippen LogP contribution < -0.4 is 4.74 Å². The van der Waals surface area contributed by atoms with Crippen molar-refractivity contribution in [2.24, 2.45) is 0 Å². The molecule has 1 heterocycles. The van der Waals surface area contributed by atoms with Gasteiger partial charge in [-0.05, 0) is 24.6 Å². The van der Waals surface area contributed by atoms with Crippen molar-refractivity contribution in [3.05, 3.63) is 28.2 Å². The zero-order chi connectivity index (χ0) is 11.5. The highest BCUT2D eigenvalue weighted by molar-refractivity contribution is 9.10. The SMILES string of the molecule is COc1ccc(Br)cc1CN1CCC(F)C1. The maximum Gasteiger partial charge on any atom is 0.123 e. The molecule has 2 nitrogen and oxygen atoms in total. The lowest BCUT2D eigenvalue weighted by Crippen LogP contribution is -2.20. The molecule has 0 radical (unpaired) electrons. The summed E-state index contributed by atoms with van der Waals surface area (Å²) in [5.74, 6) is 0.866. The van der Waals surface area contributed by atoms with Crippen molar-refractivity contribution in [3.63, 3.8) is 0 Å². The summed E-state index contributed by atoms with van der Waals surface area (Å²) in [6.45, 7) is 2.12. The van der Waals surface area contributed by atoms with Crippen molar-refractivity contribution in [2.45, 2.75) is 19.1 Å². The van der Waals surface area contributed by atoms with E-state index in [9.17, 15) is 4.39 Å². The van der Waals surface area contributed by atoms with Gasteiger partial charge in [0.15, 0.2) is 0 Å². The fourth-order valence-electron chi connectivity index (χ4n) is 2.04. The van der Waals surface area contributed by atoms with Crippen LogP contribution in [-0.2, 0) is 6.54 Å². The highest BCUT2D eigenvalue weighted by Gasteiger charge is 2.22. The molecule has 0 saturated carbocycles. The second-order valence-corrected chi connectivity index (χ2v) is 4.99. The van der Waals surface area contributed by atoms with Crippen LogP contribution in [0.25, 0.3) is 0 Å². The van der Waals surface area contributed by atoms with Crippen LogP contribution in [-0.4, -0.2) is 31.3 Å². The quantitative estimate of drug-likeness (QED) is 0.847. The second kappa shape index (κ2) is 5.15. The molecular weight excluding hydrogens is 273 g/mol. The summed E-state index contributed by atoms with van der Waals surface area (Å²) < 4.78 is 19.4. The van der Waals surface area contributed by atoms with Crippen LogP contribution >= 0.6 is 15.9 Å². The van der Waals surface area contributed by atoms with E-state index in [1.807, 2.05) is 18.2 Å². The predicted molar refractivity (Wildman–Crippen MR) is 65.5 cm³/mol. The van der Waals surface area contributed by atoms with Gasteiger partial charge in [0.05, 0.1) is 7.11 Å². The topological polar surface area (TPSA) is 12.5 Å². The zero-order valence-corrected chi connectivity index (χ0v) is 10.8. The Hall–Kier alpha value is -0.610. The molecule has 0 aliphatic carbocycles. The smallest absolute Gasteiger partial charge is 0.123 e. The Bertz CT molecular complexity index is 372. The molecule has 1 aliphatic rings. The zero-order valence-electron chi connectivity index (χ0n) is 9.25. The normalized spacial score (nSPS) is 21.3. The first-order valence-electron chi connectivity index (χ1n) is 5.38. The number of rotatable bonds is 3. The molecular formula is C12H15BrFNO. The van der Waals surface area contributed by atoms with Crippen molar-refractivity contribution < 1.29 is 9.13 Å². The first-order valence-corrected chi connectivity index (χ1v) is 6.17. The average Bonchev–Trinajstić information content (AvgIpc) is 2.64. The molecule has 1 aromatic carbocycles. The molecule has 1 aromatic rings. The molecule has 1 saturated heterocycles. The number of hydrogen-bond acceptors (Lipinski definition) is 2. The number of methoxy groups -OCH3 is 1. The third kappa shape index (κ3) is 2.74. The lowest BCUT2D eigenvalue weighted by atomic mass is 10.2.